The first-order chi connectivity index (χ1) is 11.5. The highest BCUT2D eigenvalue weighted by Crippen LogP contribution is 2.32. The molecule has 7 heteroatoms. The molecule has 7 nitrogen and oxygen atoms in total. The molecule has 0 aliphatic carbocycles. The van der Waals surface area contributed by atoms with Crippen molar-refractivity contribution in [2.75, 3.05) is 18.1 Å². The quantitative estimate of drug-likeness (QED) is 0.914. The number of carboxylic acid groups (broad SMARTS) is 1. The number of aliphatic carboxylic acids is 1. The summed E-state index contributed by atoms with van der Waals surface area (Å²) in [5.41, 5.74) is 2.67. The Morgan fingerprint density at radius 1 is 1.33 bits per heavy atom. The van der Waals surface area contributed by atoms with Crippen molar-refractivity contribution < 1.29 is 24.2 Å². The van der Waals surface area contributed by atoms with Crippen molar-refractivity contribution in [2.45, 2.75) is 38.8 Å². The Morgan fingerprint density at radius 2 is 2.12 bits per heavy atom. The number of cyclic esters (lactones) is 1. The van der Waals surface area contributed by atoms with Crippen LogP contribution >= 0.6 is 0 Å². The average Bonchev–Trinajstić information content (AvgIpc) is 2.88. The highest BCUT2D eigenvalue weighted by molar-refractivity contribution is 5.91. The number of hydrogen-bond donors (Lipinski definition) is 1. The molecule has 0 spiro atoms. The smallest absolute Gasteiger partial charge is 0.414 e. The van der Waals surface area contributed by atoms with Gasteiger partial charge in [0.05, 0.1) is 18.2 Å². The van der Waals surface area contributed by atoms with Crippen LogP contribution in [0.1, 0.15) is 30.4 Å². The third-order valence-corrected chi connectivity index (χ3v) is 4.46. The lowest BCUT2D eigenvalue weighted by Gasteiger charge is -2.32. The molecule has 0 bridgehead atoms. The van der Waals surface area contributed by atoms with Crippen LogP contribution in [0.2, 0.25) is 0 Å². The number of nitrogens with zero attached hydrogens (tertiary/aromatic N) is 2. The second-order valence-electron chi connectivity index (χ2n) is 6.23. The molecule has 1 N–H and O–H groups in total. The number of amides is 2. The molecular formula is C17H20N2O5. The Morgan fingerprint density at radius 3 is 2.88 bits per heavy atom. The largest absolute Gasteiger partial charge is 0.481 e. The van der Waals surface area contributed by atoms with Gasteiger partial charge in [0.2, 0.25) is 5.91 Å². The highest BCUT2D eigenvalue weighted by atomic mass is 16.6. The maximum absolute atomic E-state index is 12.4. The van der Waals surface area contributed by atoms with Gasteiger partial charge in [-0.25, -0.2) is 4.79 Å². The lowest BCUT2D eigenvalue weighted by atomic mass is 10.0. The van der Waals surface area contributed by atoms with Crippen LogP contribution in [-0.4, -0.2) is 47.2 Å². The molecule has 1 unspecified atom stereocenters. The van der Waals surface area contributed by atoms with E-state index in [1.807, 2.05) is 25.1 Å². The number of rotatable bonds is 3. The lowest BCUT2D eigenvalue weighted by molar-refractivity contribution is -0.141. The topological polar surface area (TPSA) is 87.2 Å². The number of benzene rings is 1. The van der Waals surface area contributed by atoms with E-state index in [1.165, 1.54) is 0 Å². The van der Waals surface area contributed by atoms with Crippen LogP contribution in [0.3, 0.4) is 0 Å². The Hall–Kier alpha value is -2.57. The number of ether oxygens (including phenoxy) is 1. The first kappa shape index (κ1) is 16.3. The summed E-state index contributed by atoms with van der Waals surface area (Å²) in [6, 6.07) is 5.68. The Balaban J connectivity index is 1.89. The van der Waals surface area contributed by atoms with Crippen LogP contribution in [0.5, 0.6) is 0 Å². The SMILES string of the molecule is Cc1ccc2c(c1)N1C(=O)OCC1CCN(C(=O)CCC(=O)O)C2. The minimum Gasteiger partial charge on any atom is -0.481 e. The maximum atomic E-state index is 12.4. The summed E-state index contributed by atoms with van der Waals surface area (Å²) < 4.78 is 5.19. The van der Waals surface area contributed by atoms with Crippen molar-refractivity contribution in [1.82, 2.24) is 4.90 Å². The molecule has 24 heavy (non-hydrogen) atoms. The Labute approximate surface area is 139 Å². The molecule has 1 fully saturated rings. The molecule has 1 aromatic carbocycles. The summed E-state index contributed by atoms with van der Waals surface area (Å²) in [5, 5.41) is 8.77. The number of anilines is 1. The van der Waals surface area contributed by atoms with Crippen LogP contribution in [0.4, 0.5) is 10.5 Å². The van der Waals surface area contributed by atoms with Gasteiger partial charge in [0.25, 0.3) is 0 Å². The number of aryl methyl sites for hydroxylation is 1. The second-order valence-corrected chi connectivity index (χ2v) is 6.23. The number of carbonyl (C=O) groups is 3. The van der Waals surface area contributed by atoms with Crippen LogP contribution < -0.4 is 4.90 Å². The normalized spacial score (nSPS) is 19.9. The van der Waals surface area contributed by atoms with E-state index in [2.05, 4.69) is 0 Å². The molecular weight excluding hydrogens is 312 g/mol. The standard InChI is InChI=1S/C17H20N2O5/c1-11-2-3-12-9-18(15(20)4-5-16(21)22)7-6-13-10-24-17(23)19(13)14(12)8-11/h2-3,8,13H,4-7,9-10H2,1H3,(H,21,22). The van der Waals surface area contributed by atoms with E-state index in [-0.39, 0.29) is 30.9 Å². The summed E-state index contributed by atoms with van der Waals surface area (Å²) >= 11 is 0. The molecule has 0 aromatic heterocycles. The van der Waals surface area contributed by atoms with Gasteiger partial charge in [-0.1, -0.05) is 12.1 Å². The van der Waals surface area contributed by atoms with E-state index >= 15 is 0 Å². The first-order valence-electron chi connectivity index (χ1n) is 8.01. The van der Waals surface area contributed by atoms with Gasteiger partial charge in [-0.3, -0.25) is 14.5 Å². The van der Waals surface area contributed by atoms with Crippen LogP contribution in [0.15, 0.2) is 18.2 Å². The van der Waals surface area contributed by atoms with Crippen molar-refractivity contribution >= 4 is 23.7 Å². The van der Waals surface area contributed by atoms with Gasteiger partial charge in [0, 0.05) is 19.5 Å². The van der Waals surface area contributed by atoms with E-state index in [0.29, 0.717) is 26.1 Å². The summed E-state index contributed by atoms with van der Waals surface area (Å²) in [5.74, 6) is -1.16. The summed E-state index contributed by atoms with van der Waals surface area (Å²) in [7, 11) is 0. The highest BCUT2D eigenvalue weighted by Gasteiger charge is 2.37. The molecule has 0 radical (unpaired) electrons. The zero-order valence-corrected chi connectivity index (χ0v) is 13.5. The van der Waals surface area contributed by atoms with Gasteiger partial charge in [-0.05, 0) is 30.5 Å². The van der Waals surface area contributed by atoms with Gasteiger partial charge >= 0.3 is 12.1 Å². The number of hydrogen-bond acceptors (Lipinski definition) is 4. The third kappa shape index (κ3) is 3.20. The third-order valence-electron chi connectivity index (χ3n) is 4.46. The minimum atomic E-state index is -0.979. The molecule has 2 heterocycles. The first-order valence-corrected chi connectivity index (χ1v) is 8.01. The summed E-state index contributed by atoms with van der Waals surface area (Å²) in [6.45, 7) is 3.10. The van der Waals surface area contributed by atoms with Crippen LogP contribution in [0.25, 0.3) is 0 Å². The molecule has 0 saturated carbocycles. The van der Waals surface area contributed by atoms with Crippen molar-refractivity contribution in [3.63, 3.8) is 0 Å². The van der Waals surface area contributed by atoms with E-state index in [9.17, 15) is 14.4 Å². The van der Waals surface area contributed by atoms with E-state index in [4.69, 9.17) is 9.84 Å². The minimum absolute atomic E-state index is 0.0136. The molecule has 2 aliphatic rings. The van der Waals surface area contributed by atoms with Gasteiger partial charge < -0.3 is 14.7 Å². The fourth-order valence-corrected chi connectivity index (χ4v) is 3.17. The molecule has 2 aliphatic heterocycles. The number of carbonyl (C=O) groups excluding carboxylic acids is 2. The van der Waals surface area contributed by atoms with Crippen molar-refractivity contribution in [1.29, 1.82) is 0 Å². The predicted octanol–water partition coefficient (Wildman–Crippen LogP) is 1.92. The van der Waals surface area contributed by atoms with Crippen LogP contribution in [0, 0.1) is 6.92 Å². The van der Waals surface area contributed by atoms with E-state index in [0.717, 1.165) is 16.8 Å². The van der Waals surface area contributed by atoms with Crippen LogP contribution in [-0.2, 0) is 20.9 Å². The molecule has 1 atom stereocenters. The van der Waals surface area contributed by atoms with Gasteiger partial charge in [0.1, 0.15) is 6.61 Å². The number of carboxylic acids is 1. The monoisotopic (exact) mass is 332 g/mol. The number of fused-ring (bicyclic) bond motifs is 3. The molecule has 1 aromatic rings. The maximum Gasteiger partial charge on any atom is 0.414 e. The molecule has 2 amide bonds. The Kier molecular flexibility index (Phi) is 4.42. The second kappa shape index (κ2) is 6.51. The zero-order chi connectivity index (χ0) is 17.3. The van der Waals surface area contributed by atoms with E-state index in [1.54, 1.807) is 9.80 Å². The molecule has 3 rings (SSSR count). The van der Waals surface area contributed by atoms with Crippen molar-refractivity contribution in [3.05, 3.63) is 29.3 Å². The fourth-order valence-electron chi connectivity index (χ4n) is 3.17. The molecule has 128 valence electrons. The lowest BCUT2D eigenvalue weighted by Crippen LogP contribution is -2.42. The van der Waals surface area contributed by atoms with Crippen molar-refractivity contribution in [2.24, 2.45) is 0 Å². The van der Waals surface area contributed by atoms with Crippen molar-refractivity contribution in [3.8, 4) is 0 Å². The average molecular weight is 332 g/mol. The van der Waals surface area contributed by atoms with E-state index < -0.39 is 5.97 Å². The summed E-state index contributed by atoms with van der Waals surface area (Å²) in [4.78, 5) is 38.5. The zero-order valence-electron chi connectivity index (χ0n) is 13.5. The van der Waals surface area contributed by atoms with Gasteiger partial charge in [-0.15, -0.1) is 0 Å². The van der Waals surface area contributed by atoms with Gasteiger partial charge in [-0.2, -0.15) is 0 Å². The predicted molar refractivity (Wildman–Crippen MR) is 85.7 cm³/mol. The summed E-state index contributed by atoms with van der Waals surface area (Å²) in [6.07, 6.45) is 0.0726. The van der Waals surface area contributed by atoms with Gasteiger partial charge in [0.15, 0.2) is 0 Å². The Bertz CT molecular complexity index is 688. The molecule has 1 saturated heterocycles. The fraction of sp³-hybridized carbons (Fsp3) is 0.471.